The lowest BCUT2D eigenvalue weighted by molar-refractivity contribution is -0.930. The Morgan fingerprint density at radius 1 is 0.943 bits per heavy atom. The highest BCUT2D eigenvalue weighted by Crippen LogP contribution is 2.30. The fraction of sp³-hybridized carbons (Fsp3) is 0.379. The van der Waals surface area contributed by atoms with E-state index in [2.05, 4.69) is 67.2 Å². The third kappa shape index (κ3) is 6.01. The molecule has 2 atom stereocenters. The van der Waals surface area contributed by atoms with E-state index in [1.165, 1.54) is 22.8 Å². The molecule has 1 aliphatic carbocycles. The van der Waals surface area contributed by atoms with Gasteiger partial charge in [0.1, 0.15) is 12.6 Å². The van der Waals surface area contributed by atoms with E-state index in [9.17, 15) is 9.59 Å². The number of nitrogens with one attached hydrogen (secondary N) is 2. The highest BCUT2D eigenvalue weighted by Gasteiger charge is 2.38. The van der Waals surface area contributed by atoms with Crippen molar-refractivity contribution in [1.29, 1.82) is 0 Å². The Labute approximate surface area is 207 Å². The van der Waals surface area contributed by atoms with E-state index >= 15 is 0 Å². The van der Waals surface area contributed by atoms with Crippen LogP contribution in [0.3, 0.4) is 0 Å². The molecule has 3 aromatic rings. The summed E-state index contributed by atoms with van der Waals surface area (Å²) in [6, 6.07) is 22.0. The molecule has 0 bridgehead atoms. The largest absolute Gasteiger partial charge is 0.462 e. The molecule has 35 heavy (non-hydrogen) atoms. The van der Waals surface area contributed by atoms with Crippen molar-refractivity contribution in [3.8, 4) is 0 Å². The van der Waals surface area contributed by atoms with Crippen LogP contribution in [0.2, 0.25) is 0 Å². The Morgan fingerprint density at radius 3 is 2.43 bits per heavy atom. The lowest BCUT2D eigenvalue weighted by atomic mass is 9.87. The molecule has 6 nitrogen and oxygen atoms in total. The number of ether oxygens (including phenoxy) is 1. The molecule has 2 N–H and O–H groups in total. The number of carbonyl (C=O) groups excluding carboxylic acids is 2. The van der Waals surface area contributed by atoms with Crippen LogP contribution >= 0.6 is 0 Å². The summed E-state index contributed by atoms with van der Waals surface area (Å²) in [5.41, 5.74) is 2.45. The van der Waals surface area contributed by atoms with Crippen molar-refractivity contribution in [2.75, 3.05) is 26.0 Å². The summed E-state index contributed by atoms with van der Waals surface area (Å²) in [6.45, 7) is 3.01. The fourth-order valence-electron chi connectivity index (χ4n) is 5.34. The Morgan fingerprint density at radius 2 is 1.66 bits per heavy atom. The van der Waals surface area contributed by atoms with Gasteiger partial charge in [0.15, 0.2) is 0 Å². The normalized spacial score (nSPS) is 18.1. The maximum Gasteiger partial charge on any atom is 0.338 e. The van der Waals surface area contributed by atoms with Crippen molar-refractivity contribution >= 4 is 28.5 Å². The van der Waals surface area contributed by atoms with Crippen LogP contribution in [0, 0.1) is 0 Å². The minimum absolute atomic E-state index is 0.0903. The van der Waals surface area contributed by atoms with E-state index in [-0.39, 0.29) is 18.0 Å². The number of rotatable bonds is 7. The van der Waals surface area contributed by atoms with Crippen LogP contribution in [0.5, 0.6) is 0 Å². The second kappa shape index (κ2) is 10.9. The molecular weight excluding hydrogens is 438 g/mol. The Kier molecular flexibility index (Phi) is 7.71. The van der Waals surface area contributed by atoms with Crippen molar-refractivity contribution < 1.29 is 18.8 Å². The summed E-state index contributed by atoms with van der Waals surface area (Å²) in [4.78, 5) is 24.7. The molecular formula is C29H36N3O3+. The molecule has 0 aliphatic heterocycles. The summed E-state index contributed by atoms with van der Waals surface area (Å²) in [6.07, 6.45) is 4.34. The maximum atomic E-state index is 12.9. The molecule has 3 aromatic carbocycles. The SMILES string of the molecule is CCOC(=O)c1ccc(NC(=O)N[C@H]2CCCC[C@@H]2[N+](C)(C)Cc2cccc3ccccc23)cc1. The van der Waals surface area contributed by atoms with E-state index in [0.29, 0.717) is 23.9 Å². The molecule has 0 unspecified atom stereocenters. The Bertz CT molecular complexity index is 1170. The standard InChI is InChI=1S/C29H35N3O3/c1-4-35-28(33)22-16-18-24(19-17-22)30-29(34)31-26-14-7-8-15-27(26)32(2,3)20-23-12-9-11-21-10-5-6-13-25(21)23/h5-6,9-13,16-19,26-27H,4,7-8,14-15,20H2,1-3H3,(H-,30,31,33,34)/p+1/t26-,27-/m0/s1. The molecule has 6 heteroatoms. The van der Waals surface area contributed by atoms with E-state index in [1.54, 1.807) is 31.2 Å². The average Bonchev–Trinajstić information content (AvgIpc) is 2.85. The third-order valence-corrected chi connectivity index (χ3v) is 7.06. The number of amides is 2. The van der Waals surface area contributed by atoms with E-state index in [1.807, 2.05) is 0 Å². The minimum atomic E-state index is -0.361. The summed E-state index contributed by atoms with van der Waals surface area (Å²) in [5.74, 6) is -0.361. The Hall–Kier alpha value is -3.38. The molecule has 184 valence electrons. The van der Waals surface area contributed by atoms with Gasteiger partial charge < -0.3 is 19.9 Å². The highest BCUT2D eigenvalue weighted by molar-refractivity contribution is 5.92. The number of likely N-dealkylation sites (N-methyl/N-ethyl adjacent to an activating group) is 1. The number of hydrogen-bond acceptors (Lipinski definition) is 3. The third-order valence-electron chi connectivity index (χ3n) is 7.06. The summed E-state index contributed by atoms with van der Waals surface area (Å²) in [5, 5.41) is 8.73. The fourth-order valence-corrected chi connectivity index (χ4v) is 5.34. The van der Waals surface area contributed by atoms with Crippen LogP contribution in [0.25, 0.3) is 10.8 Å². The van der Waals surface area contributed by atoms with Gasteiger partial charge in [-0.05, 0) is 54.8 Å². The van der Waals surface area contributed by atoms with Gasteiger partial charge in [0.05, 0.1) is 32.3 Å². The van der Waals surface area contributed by atoms with Gasteiger partial charge in [0, 0.05) is 17.7 Å². The predicted octanol–water partition coefficient (Wildman–Crippen LogP) is 5.73. The van der Waals surface area contributed by atoms with Gasteiger partial charge in [0.2, 0.25) is 0 Å². The number of hydrogen-bond donors (Lipinski definition) is 2. The number of urea groups is 1. The molecule has 2 amide bonds. The molecule has 0 radical (unpaired) electrons. The van der Waals surface area contributed by atoms with Crippen molar-refractivity contribution in [1.82, 2.24) is 5.32 Å². The average molecular weight is 475 g/mol. The summed E-state index contributed by atoms with van der Waals surface area (Å²) >= 11 is 0. The summed E-state index contributed by atoms with van der Waals surface area (Å²) < 4.78 is 5.83. The van der Waals surface area contributed by atoms with E-state index in [4.69, 9.17) is 4.74 Å². The van der Waals surface area contributed by atoms with Crippen LogP contribution in [0.1, 0.15) is 48.5 Å². The van der Waals surface area contributed by atoms with Crippen molar-refractivity contribution in [3.05, 3.63) is 77.9 Å². The number of quaternary nitrogens is 1. The number of esters is 1. The molecule has 1 fully saturated rings. The molecule has 0 saturated heterocycles. The maximum absolute atomic E-state index is 12.9. The smallest absolute Gasteiger partial charge is 0.338 e. The van der Waals surface area contributed by atoms with E-state index in [0.717, 1.165) is 30.3 Å². The van der Waals surface area contributed by atoms with Crippen LogP contribution in [0.15, 0.2) is 66.7 Å². The van der Waals surface area contributed by atoms with Crippen LogP contribution in [0.4, 0.5) is 10.5 Å². The summed E-state index contributed by atoms with van der Waals surface area (Å²) in [7, 11) is 4.55. The minimum Gasteiger partial charge on any atom is -0.462 e. The molecule has 1 aliphatic rings. The van der Waals surface area contributed by atoms with Gasteiger partial charge in [-0.15, -0.1) is 0 Å². The van der Waals surface area contributed by atoms with Gasteiger partial charge in [-0.1, -0.05) is 48.9 Å². The first-order valence-corrected chi connectivity index (χ1v) is 12.5. The van der Waals surface area contributed by atoms with Gasteiger partial charge >= 0.3 is 12.0 Å². The number of benzene rings is 3. The molecule has 0 spiro atoms. The van der Waals surface area contributed by atoms with Gasteiger partial charge in [-0.3, -0.25) is 0 Å². The first-order valence-electron chi connectivity index (χ1n) is 12.5. The second-order valence-electron chi connectivity index (χ2n) is 9.93. The predicted molar refractivity (Wildman–Crippen MR) is 140 cm³/mol. The first-order chi connectivity index (χ1) is 16.9. The topological polar surface area (TPSA) is 67.4 Å². The van der Waals surface area contributed by atoms with Crippen molar-refractivity contribution in [3.63, 3.8) is 0 Å². The van der Waals surface area contributed by atoms with Crippen LogP contribution in [-0.2, 0) is 11.3 Å². The lowest BCUT2D eigenvalue weighted by Crippen LogP contribution is -2.60. The van der Waals surface area contributed by atoms with Crippen LogP contribution < -0.4 is 10.6 Å². The van der Waals surface area contributed by atoms with Gasteiger partial charge in [0.25, 0.3) is 0 Å². The number of fused-ring (bicyclic) bond motifs is 1. The zero-order valence-electron chi connectivity index (χ0n) is 20.9. The van der Waals surface area contributed by atoms with Gasteiger partial charge in [-0.2, -0.15) is 0 Å². The first kappa shape index (κ1) is 24.7. The van der Waals surface area contributed by atoms with E-state index < -0.39 is 0 Å². The number of nitrogens with zero attached hydrogens (tertiary/aromatic N) is 1. The highest BCUT2D eigenvalue weighted by atomic mass is 16.5. The monoisotopic (exact) mass is 474 g/mol. The second-order valence-corrected chi connectivity index (χ2v) is 9.93. The number of anilines is 1. The molecule has 1 saturated carbocycles. The zero-order chi connectivity index (χ0) is 24.8. The zero-order valence-corrected chi connectivity index (χ0v) is 20.9. The van der Waals surface area contributed by atoms with Crippen LogP contribution in [-0.4, -0.2) is 49.3 Å². The molecule has 0 heterocycles. The Balaban J connectivity index is 1.43. The van der Waals surface area contributed by atoms with Gasteiger partial charge in [-0.25, -0.2) is 9.59 Å². The van der Waals surface area contributed by atoms with Crippen molar-refractivity contribution in [2.24, 2.45) is 0 Å². The molecule has 0 aromatic heterocycles. The molecule has 4 rings (SSSR count). The quantitative estimate of drug-likeness (QED) is 0.340. The lowest BCUT2D eigenvalue weighted by Gasteiger charge is -2.44. The number of carbonyl (C=O) groups is 2. The van der Waals surface area contributed by atoms with Crippen molar-refractivity contribution in [2.45, 2.75) is 51.2 Å².